The quantitative estimate of drug-likeness (QED) is 0.292. The Morgan fingerprint density at radius 2 is 1.87 bits per heavy atom. The van der Waals surface area contributed by atoms with E-state index < -0.39 is 0 Å². The van der Waals surface area contributed by atoms with Crippen LogP contribution >= 0.6 is 24.0 Å². The molecule has 158 valence electrons. The van der Waals surface area contributed by atoms with Crippen LogP contribution < -0.4 is 20.1 Å². The number of rotatable bonds is 6. The third-order valence-electron chi connectivity index (χ3n) is 4.64. The van der Waals surface area contributed by atoms with Gasteiger partial charge in [-0.3, -0.25) is 4.99 Å². The Hall–Kier alpha value is -2.75. The Morgan fingerprint density at radius 3 is 2.67 bits per heavy atom. The van der Waals surface area contributed by atoms with Crippen LogP contribution in [0.15, 0.2) is 58.1 Å². The number of oxazole rings is 1. The molecule has 0 spiro atoms. The number of nitrogens with zero attached hydrogens (tertiary/aromatic N) is 2. The first-order valence-corrected chi connectivity index (χ1v) is 9.56. The topological polar surface area (TPSA) is 80.9 Å². The summed E-state index contributed by atoms with van der Waals surface area (Å²) in [6.07, 6.45) is 2.44. The lowest BCUT2D eigenvalue weighted by molar-refractivity contribution is 0.174. The predicted octanol–water partition coefficient (Wildman–Crippen LogP) is 3.90. The average molecular weight is 520 g/mol. The third kappa shape index (κ3) is 5.44. The second-order valence-electron chi connectivity index (χ2n) is 6.80. The van der Waals surface area contributed by atoms with Crippen molar-refractivity contribution in [3.05, 3.63) is 65.5 Å². The van der Waals surface area contributed by atoms with E-state index in [0.29, 0.717) is 19.0 Å². The fraction of sp³-hybridized carbons (Fsp3) is 0.273. The van der Waals surface area contributed by atoms with Gasteiger partial charge >= 0.3 is 0 Å². The second-order valence-corrected chi connectivity index (χ2v) is 6.80. The van der Waals surface area contributed by atoms with Crippen LogP contribution in [0.2, 0.25) is 0 Å². The molecule has 0 saturated heterocycles. The van der Waals surface area contributed by atoms with Gasteiger partial charge in [-0.25, -0.2) is 4.98 Å². The number of nitrogens with one attached hydrogen (secondary N) is 2. The highest BCUT2D eigenvalue weighted by Crippen LogP contribution is 2.32. The lowest BCUT2D eigenvalue weighted by Crippen LogP contribution is -2.37. The van der Waals surface area contributed by atoms with Crippen molar-refractivity contribution < 1.29 is 13.9 Å². The van der Waals surface area contributed by atoms with Crippen LogP contribution in [-0.4, -0.2) is 31.3 Å². The summed E-state index contributed by atoms with van der Waals surface area (Å²) in [7, 11) is 1.75. The fourth-order valence-electron chi connectivity index (χ4n) is 3.02. The van der Waals surface area contributed by atoms with E-state index in [2.05, 4.69) is 39.7 Å². The van der Waals surface area contributed by atoms with E-state index in [1.165, 1.54) is 5.56 Å². The monoisotopic (exact) mass is 520 g/mol. The first kappa shape index (κ1) is 21.9. The molecular weight excluding hydrogens is 495 g/mol. The number of aromatic nitrogens is 1. The second kappa shape index (κ2) is 10.3. The van der Waals surface area contributed by atoms with Crippen LogP contribution in [0, 0.1) is 6.92 Å². The van der Waals surface area contributed by atoms with Crippen LogP contribution in [0.25, 0.3) is 11.5 Å². The van der Waals surface area contributed by atoms with Gasteiger partial charge in [0.1, 0.15) is 6.26 Å². The van der Waals surface area contributed by atoms with Crippen LogP contribution in [0.3, 0.4) is 0 Å². The minimum absolute atomic E-state index is 0. The largest absolute Gasteiger partial charge is 0.454 e. The smallest absolute Gasteiger partial charge is 0.231 e. The van der Waals surface area contributed by atoms with E-state index in [-0.39, 0.29) is 30.8 Å². The van der Waals surface area contributed by atoms with E-state index in [9.17, 15) is 0 Å². The van der Waals surface area contributed by atoms with Crippen LogP contribution in [0.1, 0.15) is 16.8 Å². The van der Waals surface area contributed by atoms with Crippen LogP contribution in [-0.2, 0) is 13.0 Å². The zero-order chi connectivity index (χ0) is 20.1. The molecule has 1 aliphatic rings. The van der Waals surface area contributed by atoms with Gasteiger partial charge in [0.15, 0.2) is 17.5 Å². The average Bonchev–Trinajstić information content (AvgIpc) is 3.40. The molecule has 8 heteroatoms. The summed E-state index contributed by atoms with van der Waals surface area (Å²) < 4.78 is 16.4. The number of guanidine groups is 1. The number of hydrogen-bond donors (Lipinski definition) is 2. The van der Waals surface area contributed by atoms with E-state index in [0.717, 1.165) is 40.7 Å². The summed E-state index contributed by atoms with van der Waals surface area (Å²) >= 11 is 0. The number of aliphatic imine (C=N–C) groups is 1. The summed E-state index contributed by atoms with van der Waals surface area (Å²) in [5, 5.41) is 6.60. The van der Waals surface area contributed by atoms with E-state index >= 15 is 0 Å². The Kier molecular flexibility index (Phi) is 7.56. The van der Waals surface area contributed by atoms with E-state index in [1.54, 1.807) is 13.3 Å². The molecule has 3 aromatic rings. The molecule has 0 amide bonds. The summed E-state index contributed by atoms with van der Waals surface area (Å²) in [6.45, 7) is 3.67. The van der Waals surface area contributed by atoms with Crippen molar-refractivity contribution in [2.45, 2.75) is 19.9 Å². The molecule has 4 rings (SSSR count). The SMILES string of the molecule is CN=C(NCCc1coc(-c2ccc(C)cc2)n1)NCc1ccc2c(c1)OCO2.I. The predicted molar refractivity (Wildman–Crippen MR) is 127 cm³/mol. The maximum Gasteiger partial charge on any atom is 0.231 e. The van der Waals surface area contributed by atoms with Crippen molar-refractivity contribution >= 4 is 29.9 Å². The van der Waals surface area contributed by atoms with Crippen molar-refractivity contribution in [1.29, 1.82) is 0 Å². The molecule has 1 aliphatic heterocycles. The number of benzene rings is 2. The van der Waals surface area contributed by atoms with Crippen molar-refractivity contribution in [2.24, 2.45) is 4.99 Å². The molecule has 0 unspecified atom stereocenters. The number of fused-ring (bicyclic) bond motifs is 1. The highest BCUT2D eigenvalue weighted by Gasteiger charge is 2.13. The number of aryl methyl sites for hydroxylation is 1. The summed E-state index contributed by atoms with van der Waals surface area (Å²) in [6, 6.07) is 14.1. The van der Waals surface area contributed by atoms with Gasteiger partial charge in [0.2, 0.25) is 12.7 Å². The van der Waals surface area contributed by atoms with E-state index in [4.69, 9.17) is 13.9 Å². The molecule has 2 heterocycles. The molecule has 30 heavy (non-hydrogen) atoms. The van der Waals surface area contributed by atoms with Gasteiger partial charge in [-0.2, -0.15) is 0 Å². The van der Waals surface area contributed by atoms with E-state index in [1.807, 2.05) is 30.3 Å². The van der Waals surface area contributed by atoms with Gasteiger partial charge in [0.05, 0.1) is 5.69 Å². The normalized spacial score (nSPS) is 12.4. The zero-order valence-corrected chi connectivity index (χ0v) is 19.3. The van der Waals surface area contributed by atoms with Gasteiger partial charge < -0.3 is 24.5 Å². The molecule has 0 saturated carbocycles. The minimum Gasteiger partial charge on any atom is -0.454 e. The van der Waals surface area contributed by atoms with Crippen molar-refractivity contribution in [3.63, 3.8) is 0 Å². The lowest BCUT2D eigenvalue weighted by Gasteiger charge is -2.11. The highest BCUT2D eigenvalue weighted by atomic mass is 127. The summed E-state index contributed by atoms with van der Waals surface area (Å²) in [5.74, 6) is 2.94. The molecule has 1 aromatic heterocycles. The Balaban J connectivity index is 0.00000256. The maximum atomic E-state index is 5.61. The zero-order valence-electron chi connectivity index (χ0n) is 17.0. The minimum atomic E-state index is 0. The van der Waals surface area contributed by atoms with Crippen molar-refractivity contribution in [3.8, 4) is 23.0 Å². The molecule has 0 bridgehead atoms. The molecule has 0 fully saturated rings. The highest BCUT2D eigenvalue weighted by molar-refractivity contribution is 14.0. The summed E-state index contributed by atoms with van der Waals surface area (Å²) in [4.78, 5) is 8.83. The molecule has 0 aliphatic carbocycles. The van der Waals surface area contributed by atoms with Gasteiger partial charge in [-0.1, -0.05) is 23.8 Å². The number of ether oxygens (including phenoxy) is 2. The maximum absolute atomic E-state index is 5.61. The van der Waals surface area contributed by atoms with Crippen molar-refractivity contribution in [2.75, 3.05) is 20.4 Å². The third-order valence-corrected chi connectivity index (χ3v) is 4.64. The molecule has 2 N–H and O–H groups in total. The van der Waals surface area contributed by atoms with Gasteiger partial charge in [0.25, 0.3) is 0 Å². The number of hydrogen-bond acceptors (Lipinski definition) is 5. The standard InChI is InChI=1S/C22H24N4O3.HI/c1-15-3-6-17(7-4-15)21-26-18(13-27-21)9-10-24-22(23-2)25-12-16-5-8-19-20(11-16)29-14-28-19;/h3-8,11,13H,9-10,12,14H2,1-2H3,(H2,23,24,25);1H. The Morgan fingerprint density at radius 1 is 1.07 bits per heavy atom. The van der Waals surface area contributed by atoms with Crippen LogP contribution in [0.5, 0.6) is 11.5 Å². The van der Waals surface area contributed by atoms with Crippen molar-refractivity contribution in [1.82, 2.24) is 15.6 Å². The van der Waals surface area contributed by atoms with Gasteiger partial charge in [-0.05, 0) is 36.8 Å². The molecular formula is C22H25IN4O3. The molecule has 7 nitrogen and oxygen atoms in total. The first-order valence-electron chi connectivity index (χ1n) is 9.56. The lowest BCUT2D eigenvalue weighted by atomic mass is 10.1. The molecule has 0 atom stereocenters. The van der Waals surface area contributed by atoms with Gasteiger partial charge in [0, 0.05) is 32.1 Å². The summed E-state index contributed by atoms with van der Waals surface area (Å²) in [5.41, 5.74) is 4.19. The first-order chi connectivity index (χ1) is 14.2. The van der Waals surface area contributed by atoms with Gasteiger partial charge in [-0.15, -0.1) is 24.0 Å². The molecule has 0 radical (unpaired) electrons. The number of halogens is 1. The van der Waals surface area contributed by atoms with Crippen LogP contribution in [0.4, 0.5) is 0 Å². The molecule has 2 aromatic carbocycles. The fourth-order valence-corrected chi connectivity index (χ4v) is 3.02. The Bertz CT molecular complexity index is 1000. The Labute approximate surface area is 192 Å².